The Morgan fingerprint density at radius 2 is 0.559 bits per heavy atom. The van der Waals surface area contributed by atoms with Gasteiger partial charge in [-0.15, -0.1) is 0 Å². The van der Waals surface area contributed by atoms with Crippen LogP contribution in [0.5, 0.6) is 0 Å². The van der Waals surface area contributed by atoms with Crippen LogP contribution in [-0.2, 0) is 52.1 Å². The third-order valence-corrected chi connectivity index (χ3v) is 9.45. The second-order valence-electron chi connectivity index (χ2n) is 14.3. The predicted octanol–water partition coefficient (Wildman–Crippen LogP) is 6.56. The molecule has 2 amide bonds. The first-order valence-electron chi connectivity index (χ1n) is 22.6. The van der Waals surface area contributed by atoms with Gasteiger partial charge in [0.05, 0.1) is 156 Å². The van der Waals surface area contributed by atoms with E-state index < -0.39 is 0 Å². The number of nitrogens with zero attached hydrogens (tertiary/aromatic N) is 1. The van der Waals surface area contributed by atoms with E-state index in [-0.39, 0.29) is 25.0 Å². The standard InChI is InChI=1S/C45H79NO13/c1-2-3-4-5-6-7-8-9-10-11-12-13-16-20-49-22-24-51-26-28-53-30-32-55-34-36-57-38-40-59-41-39-58-37-35-56-33-31-54-29-27-52-25-23-50-21-19-46-44(47)42-17-14-15-18-43(42)45(46)48/h14-15,17-18H,2-13,16,19-41H2,1H3. The Balaban J connectivity index is 1.13. The van der Waals surface area contributed by atoms with Crippen LogP contribution in [0.2, 0.25) is 0 Å². The summed E-state index contributed by atoms with van der Waals surface area (Å²) < 4.78 is 60.8. The first-order valence-corrected chi connectivity index (χ1v) is 22.6. The van der Waals surface area contributed by atoms with E-state index in [4.69, 9.17) is 52.1 Å². The Labute approximate surface area is 355 Å². The number of carbonyl (C=O) groups is 2. The minimum Gasteiger partial charge on any atom is -0.379 e. The summed E-state index contributed by atoms with van der Waals surface area (Å²) in [5.74, 6) is -0.551. The summed E-state index contributed by atoms with van der Waals surface area (Å²) in [4.78, 5) is 25.9. The molecule has 0 aromatic heterocycles. The first-order chi connectivity index (χ1) is 29.3. The summed E-state index contributed by atoms with van der Waals surface area (Å²) >= 11 is 0. The number of benzene rings is 1. The monoisotopic (exact) mass is 842 g/mol. The molecule has 0 saturated carbocycles. The lowest BCUT2D eigenvalue weighted by atomic mass is 10.0. The molecule has 0 aliphatic carbocycles. The van der Waals surface area contributed by atoms with E-state index in [1.54, 1.807) is 24.3 Å². The van der Waals surface area contributed by atoms with E-state index in [1.165, 1.54) is 81.9 Å². The maximum atomic E-state index is 12.3. The van der Waals surface area contributed by atoms with Gasteiger partial charge in [-0.3, -0.25) is 14.5 Å². The van der Waals surface area contributed by atoms with Gasteiger partial charge in [-0.1, -0.05) is 96.1 Å². The average molecular weight is 842 g/mol. The zero-order valence-electron chi connectivity index (χ0n) is 36.5. The lowest BCUT2D eigenvalue weighted by molar-refractivity contribution is -0.0276. The Hall–Kier alpha value is -2.08. The molecule has 0 radical (unpaired) electrons. The molecular formula is C45H79NO13. The number of fused-ring (bicyclic) bond motifs is 1. The molecule has 0 N–H and O–H groups in total. The molecule has 1 heterocycles. The van der Waals surface area contributed by atoms with Crippen LogP contribution >= 0.6 is 0 Å². The van der Waals surface area contributed by atoms with Crippen LogP contribution in [0.4, 0.5) is 0 Å². The largest absolute Gasteiger partial charge is 0.379 e. The second kappa shape index (κ2) is 41.3. The second-order valence-corrected chi connectivity index (χ2v) is 14.3. The van der Waals surface area contributed by atoms with Crippen molar-refractivity contribution in [3.8, 4) is 0 Å². The maximum Gasteiger partial charge on any atom is 0.261 e. The van der Waals surface area contributed by atoms with Crippen LogP contribution < -0.4 is 0 Å². The van der Waals surface area contributed by atoms with Gasteiger partial charge in [0.1, 0.15) is 0 Å². The molecule has 342 valence electrons. The van der Waals surface area contributed by atoms with Crippen molar-refractivity contribution >= 4 is 11.8 Å². The molecule has 0 bridgehead atoms. The average Bonchev–Trinajstić information content (AvgIpc) is 3.49. The number of hydrogen-bond donors (Lipinski definition) is 0. The molecule has 2 rings (SSSR count). The van der Waals surface area contributed by atoms with E-state index in [2.05, 4.69) is 6.92 Å². The number of imide groups is 1. The molecule has 14 nitrogen and oxygen atoms in total. The van der Waals surface area contributed by atoms with Gasteiger partial charge in [0.15, 0.2) is 0 Å². The van der Waals surface area contributed by atoms with E-state index >= 15 is 0 Å². The highest BCUT2D eigenvalue weighted by Crippen LogP contribution is 2.22. The Kier molecular flexibility index (Phi) is 37.1. The number of unbranched alkanes of at least 4 members (excludes halogenated alkanes) is 12. The molecule has 0 saturated heterocycles. The Bertz CT molecular complexity index is 1060. The predicted molar refractivity (Wildman–Crippen MR) is 227 cm³/mol. The van der Waals surface area contributed by atoms with Crippen LogP contribution in [0.1, 0.15) is 111 Å². The third kappa shape index (κ3) is 30.6. The minimum atomic E-state index is -0.276. The molecule has 0 unspecified atom stereocenters. The van der Waals surface area contributed by atoms with Gasteiger partial charge < -0.3 is 52.1 Å². The molecule has 1 aromatic rings. The van der Waals surface area contributed by atoms with Gasteiger partial charge in [0, 0.05) is 6.61 Å². The van der Waals surface area contributed by atoms with Crippen LogP contribution in [0.15, 0.2) is 24.3 Å². The fourth-order valence-electron chi connectivity index (χ4n) is 6.12. The fourth-order valence-corrected chi connectivity index (χ4v) is 6.12. The van der Waals surface area contributed by atoms with Gasteiger partial charge in [-0.05, 0) is 18.6 Å². The molecule has 1 aliphatic heterocycles. The van der Waals surface area contributed by atoms with Gasteiger partial charge in [-0.2, -0.15) is 0 Å². The van der Waals surface area contributed by atoms with Gasteiger partial charge in [-0.25, -0.2) is 0 Å². The number of ether oxygens (including phenoxy) is 11. The van der Waals surface area contributed by atoms with Crippen molar-refractivity contribution in [2.75, 3.05) is 152 Å². The van der Waals surface area contributed by atoms with E-state index in [0.29, 0.717) is 143 Å². The van der Waals surface area contributed by atoms with Crippen LogP contribution in [0.25, 0.3) is 0 Å². The van der Waals surface area contributed by atoms with E-state index in [1.807, 2.05) is 0 Å². The highest BCUT2D eigenvalue weighted by atomic mass is 16.6. The molecule has 1 aromatic carbocycles. The summed E-state index contributed by atoms with van der Waals surface area (Å²) in [6.07, 6.45) is 17.7. The maximum absolute atomic E-state index is 12.3. The fraction of sp³-hybridized carbons (Fsp3) is 0.822. The number of hydrogen-bond acceptors (Lipinski definition) is 13. The summed E-state index contributed by atoms with van der Waals surface area (Å²) in [7, 11) is 0. The zero-order chi connectivity index (χ0) is 41.9. The van der Waals surface area contributed by atoms with Crippen molar-refractivity contribution < 1.29 is 61.7 Å². The smallest absolute Gasteiger partial charge is 0.261 e. The van der Waals surface area contributed by atoms with Crippen molar-refractivity contribution in [3.05, 3.63) is 35.4 Å². The molecular weight excluding hydrogens is 762 g/mol. The summed E-state index contributed by atoms with van der Waals surface area (Å²) in [5, 5.41) is 0. The lowest BCUT2D eigenvalue weighted by Crippen LogP contribution is -2.33. The lowest BCUT2D eigenvalue weighted by Gasteiger charge is -2.13. The first kappa shape index (κ1) is 53.1. The summed E-state index contributed by atoms with van der Waals surface area (Å²) in [5.41, 5.74) is 0.888. The highest BCUT2D eigenvalue weighted by molar-refractivity contribution is 6.21. The number of rotatable bonds is 47. The van der Waals surface area contributed by atoms with Crippen LogP contribution in [0, 0.1) is 0 Å². The SMILES string of the molecule is CCCCCCCCCCCCCCCOCCOCCOCCOCCOCCOCCOCCOCCOCCOCCOCCN1C(=O)c2ccccc2C1=O. The van der Waals surface area contributed by atoms with Crippen molar-refractivity contribution in [3.63, 3.8) is 0 Å². The van der Waals surface area contributed by atoms with Crippen molar-refractivity contribution in [1.82, 2.24) is 4.90 Å². The third-order valence-electron chi connectivity index (χ3n) is 9.45. The number of amides is 2. The van der Waals surface area contributed by atoms with Gasteiger partial charge in [0.25, 0.3) is 11.8 Å². The summed E-state index contributed by atoms with van der Waals surface area (Å²) in [6, 6.07) is 6.83. The van der Waals surface area contributed by atoms with E-state index in [9.17, 15) is 9.59 Å². The molecule has 0 fully saturated rings. The minimum absolute atomic E-state index is 0.215. The molecule has 59 heavy (non-hydrogen) atoms. The highest BCUT2D eigenvalue weighted by Gasteiger charge is 2.34. The molecule has 14 heteroatoms. The molecule has 0 spiro atoms. The number of carbonyl (C=O) groups excluding carboxylic acids is 2. The summed E-state index contributed by atoms with van der Waals surface area (Å²) in [6.45, 7) is 13.6. The molecule has 1 aliphatic rings. The Morgan fingerprint density at radius 3 is 0.847 bits per heavy atom. The molecule has 0 atom stereocenters. The topological polar surface area (TPSA) is 139 Å². The van der Waals surface area contributed by atoms with Crippen LogP contribution in [0.3, 0.4) is 0 Å². The van der Waals surface area contributed by atoms with E-state index in [0.717, 1.165) is 13.0 Å². The van der Waals surface area contributed by atoms with Crippen molar-refractivity contribution in [2.24, 2.45) is 0 Å². The van der Waals surface area contributed by atoms with Crippen molar-refractivity contribution in [1.29, 1.82) is 0 Å². The quantitative estimate of drug-likeness (QED) is 0.0518. The van der Waals surface area contributed by atoms with Gasteiger partial charge in [0.2, 0.25) is 0 Å². The Morgan fingerprint density at radius 1 is 0.322 bits per heavy atom. The normalized spacial score (nSPS) is 12.7. The van der Waals surface area contributed by atoms with Crippen molar-refractivity contribution in [2.45, 2.75) is 90.4 Å². The van der Waals surface area contributed by atoms with Crippen LogP contribution in [-0.4, -0.2) is 169 Å². The zero-order valence-corrected chi connectivity index (χ0v) is 36.5. The van der Waals surface area contributed by atoms with Gasteiger partial charge >= 0.3 is 0 Å².